The fourth-order valence-electron chi connectivity index (χ4n) is 3.51. The van der Waals surface area contributed by atoms with E-state index in [1.165, 1.54) is 57.4 Å². The zero-order chi connectivity index (χ0) is 17.2. The van der Waals surface area contributed by atoms with Gasteiger partial charge in [-0.05, 0) is 42.4 Å². The third-order valence-electron chi connectivity index (χ3n) is 5.10. The second-order valence-corrected chi connectivity index (χ2v) is 7.36. The minimum atomic E-state index is -0.0335. The molecular weight excluding hydrogens is 298 g/mol. The van der Waals surface area contributed by atoms with Crippen molar-refractivity contribution in [1.82, 2.24) is 0 Å². The van der Waals surface area contributed by atoms with Gasteiger partial charge in [0, 0.05) is 19.2 Å². The molecule has 0 aromatic heterocycles. The SMILES string of the molecule is CC(=O)Nc1ccc(CCOCCCCC2CCC(C)CC2)cc1. The molecule has 1 aromatic carbocycles. The summed E-state index contributed by atoms with van der Waals surface area (Å²) in [6.07, 6.45) is 10.6. The lowest BCUT2D eigenvalue weighted by atomic mass is 9.81. The largest absolute Gasteiger partial charge is 0.381 e. The molecule has 1 saturated carbocycles. The van der Waals surface area contributed by atoms with E-state index in [0.717, 1.165) is 37.2 Å². The molecule has 0 saturated heterocycles. The molecule has 0 aliphatic heterocycles. The summed E-state index contributed by atoms with van der Waals surface area (Å²) in [7, 11) is 0. The second kappa shape index (κ2) is 10.5. The smallest absolute Gasteiger partial charge is 0.221 e. The number of carbonyl (C=O) groups is 1. The fraction of sp³-hybridized carbons (Fsp3) is 0.667. The van der Waals surface area contributed by atoms with E-state index in [1.807, 2.05) is 12.1 Å². The number of rotatable bonds is 9. The van der Waals surface area contributed by atoms with Crippen molar-refractivity contribution < 1.29 is 9.53 Å². The van der Waals surface area contributed by atoms with Crippen molar-refractivity contribution in [1.29, 1.82) is 0 Å². The van der Waals surface area contributed by atoms with Gasteiger partial charge >= 0.3 is 0 Å². The Bertz CT molecular complexity index is 475. The topological polar surface area (TPSA) is 38.3 Å². The maximum atomic E-state index is 11.0. The Morgan fingerprint density at radius 1 is 1.08 bits per heavy atom. The van der Waals surface area contributed by atoms with Gasteiger partial charge < -0.3 is 10.1 Å². The first-order chi connectivity index (χ1) is 11.6. The van der Waals surface area contributed by atoms with Crippen LogP contribution in [0, 0.1) is 11.8 Å². The first kappa shape index (κ1) is 19.0. The van der Waals surface area contributed by atoms with Gasteiger partial charge in [0.1, 0.15) is 0 Å². The van der Waals surface area contributed by atoms with E-state index in [9.17, 15) is 4.79 Å². The van der Waals surface area contributed by atoms with E-state index in [4.69, 9.17) is 4.74 Å². The second-order valence-electron chi connectivity index (χ2n) is 7.36. The molecule has 0 bridgehead atoms. The van der Waals surface area contributed by atoms with Crippen LogP contribution >= 0.6 is 0 Å². The molecule has 0 atom stereocenters. The first-order valence-corrected chi connectivity index (χ1v) is 9.57. The quantitative estimate of drug-likeness (QED) is 0.632. The van der Waals surface area contributed by atoms with Crippen LogP contribution in [-0.2, 0) is 16.0 Å². The number of ether oxygens (including phenoxy) is 1. The van der Waals surface area contributed by atoms with Crippen molar-refractivity contribution in [2.75, 3.05) is 18.5 Å². The highest BCUT2D eigenvalue weighted by Gasteiger charge is 2.17. The Labute approximate surface area is 147 Å². The highest BCUT2D eigenvalue weighted by Crippen LogP contribution is 2.31. The van der Waals surface area contributed by atoms with E-state index in [0.29, 0.717) is 0 Å². The number of nitrogens with one attached hydrogen (secondary N) is 1. The van der Waals surface area contributed by atoms with E-state index < -0.39 is 0 Å². The van der Waals surface area contributed by atoms with Crippen LogP contribution in [0.4, 0.5) is 5.69 Å². The van der Waals surface area contributed by atoms with Gasteiger partial charge in [0.05, 0.1) is 6.61 Å². The number of amides is 1. The lowest BCUT2D eigenvalue weighted by Gasteiger charge is -2.25. The van der Waals surface area contributed by atoms with Crippen LogP contribution in [0.25, 0.3) is 0 Å². The average molecular weight is 332 g/mol. The van der Waals surface area contributed by atoms with E-state index in [1.54, 1.807) is 0 Å². The fourth-order valence-corrected chi connectivity index (χ4v) is 3.51. The van der Waals surface area contributed by atoms with Crippen LogP contribution in [-0.4, -0.2) is 19.1 Å². The summed E-state index contributed by atoms with van der Waals surface area (Å²) in [5, 5.41) is 2.78. The lowest BCUT2D eigenvalue weighted by molar-refractivity contribution is -0.114. The van der Waals surface area contributed by atoms with Gasteiger partial charge in [-0.1, -0.05) is 57.6 Å². The molecule has 134 valence electrons. The summed E-state index contributed by atoms with van der Waals surface area (Å²) in [4.78, 5) is 11.0. The normalized spacial score (nSPS) is 20.8. The van der Waals surface area contributed by atoms with Gasteiger partial charge in [0.2, 0.25) is 5.91 Å². The van der Waals surface area contributed by atoms with Crippen LogP contribution in [0.15, 0.2) is 24.3 Å². The molecular formula is C21H33NO2. The van der Waals surface area contributed by atoms with Gasteiger partial charge in [0.25, 0.3) is 0 Å². The van der Waals surface area contributed by atoms with Crippen molar-refractivity contribution >= 4 is 11.6 Å². The predicted octanol–water partition coefficient (Wildman–Crippen LogP) is 5.20. The molecule has 0 unspecified atom stereocenters. The lowest BCUT2D eigenvalue weighted by Crippen LogP contribution is -2.12. The Hall–Kier alpha value is -1.35. The molecule has 1 aliphatic rings. The molecule has 0 spiro atoms. The van der Waals surface area contributed by atoms with Crippen molar-refractivity contribution in [2.45, 2.75) is 65.2 Å². The predicted molar refractivity (Wildman–Crippen MR) is 100 cm³/mol. The number of unbranched alkanes of at least 4 members (excludes halogenated alkanes) is 1. The Morgan fingerprint density at radius 3 is 2.46 bits per heavy atom. The molecule has 0 radical (unpaired) electrons. The van der Waals surface area contributed by atoms with Crippen LogP contribution in [0.1, 0.15) is 64.4 Å². The molecule has 1 N–H and O–H groups in total. The zero-order valence-electron chi connectivity index (χ0n) is 15.4. The van der Waals surface area contributed by atoms with E-state index >= 15 is 0 Å². The minimum absolute atomic E-state index is 0.0335. The summed E-state index contributed by atoms with van der Waals surface area (Å²) in [6.45, 7) is 5.57. The molecule has 1 fully saturated rings. The van der Waals surface area contributed by atoms with Gasteiger partial charge in [-0.3, -0.25) is 4.79 Å². The van der Waals surface area contributed by atoms with Crippen LogP contribution in [0.2, 0.25) is 0 Å². The molecule has 1 aromatic rings. The number of anilines is 1. The molecule has 24 heavy (non-hydrogen) atoms. The molecule has 1 amide bonds. The van der Waals surface area contributed by atoms with Gasteiger partial charge in [-0.25, -0.2) is 0 Å². The summed E-state index contributed by atoms with van der Waals surface area (Å²) in [5.41, 5.74) is 2.10. The first-order valence-electron chi connectivity index (χ1n) is 9.57. The molecule has 3 nitrogen and oxygen atoms in total. The molecule has 1 aliphatic carbocycles. The van der Waals surface area contributed by atoms with Crippen LogP contribution < -0.4 is 5.32 Å². The summed E-state index contributed by atoms with van der Waals surface area (Å²) >= 11 is 0. The number of benzene rings is 1. The summed E-state index contributed by atoms with van der Waals surface area (Å²) in [6, 6.07) is 8.00. The van der Waals surface area contributed by atoms with Crippen molar-refractivity contribution in [3.63, 3.8) is 0 Å². The van der Waals surface area contributed by atoms with Gasteiger partial charge in [0.15, 0.2) is 0 Å². The molecule has 0 heterocycles. The van der Waals surface area contributed by atoms with Crippen LogP contribution in [0.3, 0.4) is 0 Å². The maximum Gasteiger partial charge on any atom is 0.221 e. The van der Waals surface area contributed by atoms with Crippen molar-refractivity contribution in [3.05, 3.63) is 29.8 Å². The minimum Gasteiger partial charge on any atom is -0.381 e. The standard InChI is InChI=1S/C21H33NO2/c1-17-6-8-19(9-7-17)5-3-4-15-24-16-14-20-10-12-21(13-11-20)22-18(2)23/h10-13,17,19H,3-9,14-16H2,1-2H3,(H,22,23). The van der Waals surface area contributed by atoms with Crippen LogP contribution in [0.5, 0.6) is 0 Å². The Morgan fingerprint density at radius 2 is 1.79 bits per heavy atom. The number of carbonyl (C=O) groups excluding carboxylic acids is 1. The molecule has 3 heteroatoms. The maximum absolute atomic E-state index is 11.0. The molecule has 2 rings (SSSR count). The monoisotopic (exact) mass is 331 g/mol. The number of hydrogen-bond acceptors (Lipinski definition) is 2. The van der Waals surface area contributed by atoms with Gasteiger partial charge in [-0.15, -0.1) is 0 Å². The third-order valence-corrected chi connectivity index (χ3v) is 5.10. The highest BCUT2D eigenvalue weighted by molar-refractivity contribution is 5.88. The summed E-state index contributed by atoms with van der Waals surface area (Å²) < 4.78 is 5.77. The summed E-state index contributed by atoms with van der Waals surface area (Å²) in [5.74, 6) is 1.90. The Balaban J connectivity index is 1.48. The van der Waals surface area contributed by atoms with Crippen molar-refractivity contribution in [2.24, 2.45) is 11.8 Å². The van der Waals surface area contributed by atoms with E-state index in [-0.39, 0.29) is 5.91 Å². The third kappa shape index (κ3) is 7.48. The zero-order valence-corrected chi connectivity index (χ0v) is 15.4. The van der Waals surface area contributed by atoms with Gasteiger partial charge in [-0.2, -0.15) is 0 Å². The number of hydrogen-bond donors (Lipinski definition) is 1. The van der Waals surface area contributed by atoms with Crippen molar-refractivity contribution in [3.8, 4) is 0 Å². The average Bonchev–Trinajstić information content (AvgIpc) is 2.56. The van der Waals surface area contributed by atoms with E-state index in [2.05, 4.69) is 24.4 Å². The highest BCUT2D eigenvalue weighted by atomic mass is 16.5. The Kier molecular flexibility index (Phi) is 8.31.